The molecule has 2 aromatic rings. The lowest BCUT2D eigenvalue weighted by atomic mass is 9.88. The predicted molar refractivity (Wildman–Crippen MR) is 87.6 cm³/mol. The van der Waals surface area contributed by atoms with Gasteiger partial charge in [0.2, 0.25) is 0 Å². The molecule has 1 aromatic heterocycles. The molecule has 1 atom stereocenters. The van der Waals surface area contributed by atoms with E-state index < -0.39 is 0 Å². The van der Waals surface area contributed by atoms with Crippen LogP contribution in [0.25, 0.3) is 0 Å². The van der Waals surface area contributed by atoms with Crippen LogP contribution in [0.3, 0.4) is 0 Å². The van der Waals surface area contributed by atoms with Gasteiger partial charge in [-0.3, -0.25) is 4.68 Å². The van der Waals surface area contributed by atoms with Crippen molar-refractivity contribution in [2.24, 2.45) is 7.05 Å². The molecule has 0 aliphatic carbocycles. The summed E-state index contributed by atoms with van der Waals surface area (Å²) < 4.78 is 1.91. The van der Waals surface area contributed by atoms with Gasteiger partial charge in [-0.25, -0.2) is 0 Å². The molecule has 5 heteroatoms. The molecule has 4 nitrogen and oxygen atoms in total. The molecule has 2 N–H and O–H groups in total. The molecule has 1 unspecified atom stereocenters. The second-order valence-corrected chi connectivity index (χ2v) is 6.32. The number of hydrogen-bond acceptors (Lipinski definition) is 4. The number of nitrogens with zero attached hydrogens (tertiary/aromatic N) is 2. The van der Waals surface area contributed by atoms with Crippen LogP contribution >= 0.6 is 11.8 Å². The van der Waals surface area contributed by atoms with Crippen molar-refractivity contribution in [3.05, 3.63) is 47.7 Å². The van der Waals surface area contributed by atoms with Crippen LogP contribution in [0.1, 0.15) is 17.7 Å². The van der Waals surface area contributed by atoms with E-state index in [0.29, 0.717) is 0 Å². The van der Waals surface area contributed by atoms with Gasteiger partial charge in [-0.15, -0.1) is 11.8 Å². The Balaban J connectivity index is 2.05. The number of benzene rings is 1. The highest BCUT2D eigenvalue weighted by atomic mass is 32.2. The smallest absolute Gasteiger partial charge is 0.0939 e. The molecule has 0 amide bonds. The zero-order valence-electron chi connectivity index (χ0n) is 12.8. The first-order valence-corrected chi connectivity index (χ1v) is 8.08. The lowest BCUT2D eigenvalue weighted by Crippen LogP contribution is -2.44. The van der Waals surface area contributed by atoms with Crippen molar-refractivity contribution in [1.82, 2.24) is 15.1 Å². The molecule has 1 aromatic carbocycles. The molecule has 1 heterocycles. The maximum atomic E-state index is 9.90. The summed E-state index contributed by atoms with van der Waals surface area (Å²) in [4.78, 5) is 0. The number of rotatable bonds is 7. The van der Waals surface area contributed by atoms with Crippen molar-refractivity contribution in [3.63, 3.8) is 0 Å². The number of aryl methyl sites for hydroxylation is 2. The van der Waals surface area contributed by atoms with Gasteiger partial charge in [0.05, 0.1) is 22.9 Å². The summed E-state index contributed by atoms with van der Waals surface area (Å²) in [5.41, 5.74) is 1.77. The maximum absolute atomic E-state index is 9.90. The van der Waals surface area contributed by atoms with Gasteiger partial charge in [-0.05, 0) is 32.0 Å². The minimum atomic E-state index is -0.387. The van der Waals surface area contributed by atoms with Gasteiger partial charge in [-0.2, -0.15) is 5.10 Å². The van der Waals surface area contributed by atoms with Crippen LogP contribution in [0, 0.1) is 6.92 Å². The lowest BCUT2D eigenvalue weighted by Gasteiger charge is -2.32. The molecule has 2 rings (SSSR count). The zero-order valence-corrected chi connectivity index (χ0v) is 13.7. The number of aliphatic hydroxyl groups is 1. The normalized spacial score (nSPS) is 14.1. The zero-order chi connectivity index (χ0) is 15.3. The molecule has 0 fully saturated rings. The molecular weight excluding hydrogens is 282 g/mol. The second kappa shape index (κ2) is 7.11. The van der Waals surface area contributed by atoms with Gasteiger partial charge >= 0.3 is 0 Å². The van der Waals surface area contributed by atoms with Crippen LogP contribution in [-0.4, -0.2) is 34.3 Å². The summed E-state index contributed by atoms with van der Waals surface area (Å²) >= 11 is 1.77. The summed E-state index contributed by atoms with van der Waals surface area (Å²) in [7, 11) is 3.87. The third-order valence-electron chi connectivity index (χ3n) is 3.81. The third-order valence-corrected chi connectivity index (χ3v) is 4.90. The van der Waals surface area contributed by atoms with Crippen molar-refractivity contribution in [3.8, 4) is 0 Å². The molecule has 0 radical (unpaired) electrons. The van der Waals surface area contributed by atoms with Crippen LogP contribution in [0.15, 0.2) is 41.4 Å². The number of thioether (sulfide) groups is 1. The molecule has 0 bridgehead atoms. The Morgan fingerprint density at radius 3 is 2.57 bits per heavy atom. The van der Waals surface area contributed by atoms with Gasteiger partial charge in [0.25, 0.3) is 0 Å². The Kier molecular flexibility index (Phi) is 5.45. The lowest BCUT2D eigenvalue weighted by molar-refractivity contribution is 0.165. The van der Waals surface area contributed by atoms with E-state index >= 15 is 0 Å². The number of likely N-dealkylation sites (N-methyl/N-ethyl adjacent to an activating group) is 1. The van der Waals surface area contributed by atoms with Crippen LogP contribution < -0.4 is 5.32 Å². The molecule has 0 aliphatic rings. The molecule has 21 heavy (non-hydrogen) atoms. The van der Waals surface area contributed by atoms with Crippen molar-refractivity contribution < 1.29 is 5.11 Å². The maximum Gasteiger partial charge on any atom is 0.0939 e. The minimum Gasteiger partial charge on any atom is -0.394 e. The fourth-order valence-corrected chi connectivity index (χ4v) is 3.61. The van der Waals surface area contributed by atoms with E-state index in [1.165, 1.54) is 0 Å². The number of hydrogen-bond donors (Lipinski definition) is 2. The first-order valence-electron chi connectivity index (χ1n) is 7.10. The summed E-state index contributed by atoms with van der Waals surface area (Å²) in [6, 6.07) is 12.2. The van der Waals surface area contributed by atoms with Gasteiger partial charge in [0.15, 0.2) is 0 Å². The number of aliphatic hydroxyl groups excluding tert-OH is 1. The fraction of sp³-hybridized carbons (Fsp3) is 0.438. The fourth-order valence-electron chi connectivity index (χ4n) is 2.47. The van der Waals surface area contributed by atoms with Crippen molar-refractivity contribution in [1.29, 1.82) is 0 Å². The van der Waals surface area contributed by atoms with Crippen LogP contribution in [0.2, 0.25) is 0 Å². The van der Waals surface area contributed by atoms with Gasteiger partial charge in [-0.1, -0.05) is 30.3 Å². The van der Waals surface area contributed by atoms with E-state index in [0.717, 1.165) is 28.5 Å². The summed E-state index contributed by atoms with van der Waals surface area (Å²) in [6.45, 7) is 2.08. The summed E-state index contributed by atoms with van der Waals surface area (Å²) in [5.74, 6) is 0.912. The minimum absolute atomic E-state index is 0.0818. The SMILES string of the molecule is CNC(CO)(CCSc1cc(C)nn1C)c1ccccc1. The Labute approximate surface area is 130 Å². The first-order chi connectivity index (χ1) is 10.1. The van der Waals surface area contributed by atoms with E-state index in [9.17, 15) is 5.11 Å². The standard InChI is InChI=1S/C16H23N3OS/c1-13-11-15(19(3)18-13)21-10-9-16(12-20,17-2)14-7-5-4-6-8-14/h4-8,11,17,20H,9-10,12H2,1-3H3. The van der Waals surface area contributed by atoms with Crippen LogP contribution in [0.5, 0.6) is 0 Å². The van der Waals surface area contributed by atoms with Gasteiger partial charge in [0.1, 0.15) is 0 Å². The van der Waals surface area contributed by atoms with Gasteiger partial charge in [0, 0.05) is 12.8 Å². The van der Waals surface area contributed by atoms with E-state index in [4.69, 9.17) is 0 Å². The average Bonchev–Trinajstić information content (AvgIpc) is 2.83. The topological polar surface area (TPSA) is 50.1 Å². The Morgan fingerprint density at radius 1 is 1.33 bits per heavy atom. The molecule has 0 spiro atoms. The van der Waals surface area contributed by atoms with E-state index in [-0.39, 0.29) is 12.1 Å². The second-order valence-electron chi connectivity index (χ2n) is 5.20. The Morgan fingerprint density at radius 2 is 2.05 bits per heavy atom. The first kappa shape index (κ1) is 16.1. The largest absolute Gasteiger partial charge is 0.394 e. The summed E-state index contributed by atoms with van der Waals surface area (Å²) in [5, 5.41) is 18.7. The van der Waals surface area contributed by atoms with Crippen LogP contribution in [-0.2, 0) is 12.6 Å². The highest BCUT2D eigenvalue weighted by Crippen LogP contribution is 2.28. The molecule has 0 saturated heterocycles. The monoisotopic (exact) mass is 305 g/mol. The van der Waals surface area contributed by atoms with E-state index in [1.54, 1.807) is 11.8 Å². The highest BCUT2D eigenvalue weighted by Gasteiger charge is 2.29. The quantitative estimate of drug-likeness (QED) is 0.771. The molecule has 0 aliphatic heterocycles. The number of nitrogens with one attached hydrogen (secondary N) is 1. The molecule has 0 saturated carbocycles. The van der Waals surface area contributed by atoms with Crippen molar-refractivity contribution >= 4 is 11.8 Å². The number of aromatic nitrogens is 2. The van der Waals surface area contributed by atoms with E-state index in [2.05, 4.69) is 28.6 Å². The third kappa shape index (κ3) is 3.67. The average molecular weight is 305 g/mol. The highest BCUT2D eigenvalue weighted by molar-refractivity contribution is 7.99. The van der Waals surface area contributed by atoms with Crippen molar-refractivity contribution in [2.75, 3.05) is 19.4 Å². The summed E-state index contributed by atoms with van der Waals surface area (Å²) in [6.07, 6.45) is 0.846. The van der Waals surface area contributed by atoms with Gasteiger partial charge < -0.3 is 10.4 Å². The van der Waals surface area contributed by atoms with Crippen molar-refractivity contribution in [2.45, 2.75) is 23.9 Å². The Bertz CT molecular complexity index is 564. The molecular formula is C16H23N3OS. The van der Waals surface area contributed by atoms with Crippen LogP contribution in [0.4, 0.5) is 0 Å². The van der Waals surface area contributed by atoms with E-state index in [1.807, 2.05) is 43.9 Å². The predicted octanol–water partition coefficient (Wildman–Crippen LogP) is 2.32. The Hall–Kier alpha value is -1.30. The molecule has 114 valence electrons.